The largest absolute Gasteiger partial charge is 0.309 e. The van der Waals surface area contributed by atoms with Crippen LogP contribution in [0.1, 0.15) is 0 Å². The van der Waals surface area contributed by atoms with Gasteiger partial charge in [0.2, 0.25) is 0 Å². The van der Waals surface area contributed by atoms with Crippen LogP contribution in [0.15, 0.2) is 102 Å². The molecule has 0 aliphatic carbocycles. The first kappa shape index (κ1) is 15.4. The predicted molar refractivity (Wildman–Crippen MR) is 114 cm³/mol. The highest BCUT2D eigenvalue weighted by atomic mass is 79.9. The van der Waals surface area contributed by atoms with Crippen molar-refractivity contribution in [1.29, 1.82) is 0 Å². The minimum atomic E-state index is 1.09. The van der Waals surface area contributed by atoms with E-state index in [0.29, 0.717) is 0 Å². The van der Waals surface area contributed by atoms with E-state index < -0.39 is 0 Å². The van der Waals surface area contributed by atoms with Gasteiger partial charge in [0, 0.05) is 20.9 Å². The first-order chi connectivity index (χ1) is 12.8. The minimum Gasteiger partial charge on any atom is -0.309 e. The number of hydrogen-bond donors (Lipinski definition) is 0. The third-order valence-corrected chi connectivity index (χ3v) is 5.34. The van der Waals surface area contributed by atoms with Crippen LogP contribution in [0.25, 0.3) is 38.6 Å². The van der Waals surface area contributed by atoms with Gasteiger partial charge in [0.05, 0.1) is 11.0 Å². The second-order valence-corrected chi connectivity index (χ2v) is 7.35. The van der Waals surface area contributed by atoms with Crippen LogP contribution >= 0.6 is 15.9 Å². The molecule has 4 aromatic carbocycles. The molecule has 0 saturated heterocycles. The van der Waals surface area contributed by atoms with Crippen molar-refractivity contribution >= 4 is 37.7 Å². The summed E-state index contributed by atoms with van der Waals surface area (Å²) in [6.45, 7) is 0. The van der Waals surface area contributed by atoms with Gasteiger partial charge in [-0.2, -0.15) is 0 Å². The molecule has 26 heavy (non-hydrogen) atoms. The Bertz CT molecular complexity index is 1240. The Hall–Kier alpha value is -2.84. The van der Waals surface area contributed by atoms with Crippen molar-refractivity contribution in [2.24, 2.45) is 0 Å². The molecule has 1 aromatic heterocycles. The molecule has 1 heterocycles. The summed E-state index contributed by atoms with van der Waals surface area (Å²) in [5, 5.41) is 2.56. The van der Waals surface area contributed by atoms with E-state index >= 15 is 0 Å². The van der Waals surface area contributed by atoms with Crippen LogP contribution in [0.3, 0.4) is 0 Å². The van der Waals surface area contributed by atoms with Gasteiger partial charge < -0.3 is 4.57 Å². The van der Waals surface area contributed by atoms with E-state index in [9.17, 15) is 0 Å². The molecule has 5 rings (SSSR count). The highest BCUT2D eigenvalue weighted by Gasteiger charge is 2.13. The van der Waals surface area contributed by atoms with Crippen molar-refractivity contribution < 1.29 is 0 Å². The lowest BCUT2D eigenvalue weighted by Crippen LogP contribution is -1.93. The molecule has 2 heteroatoms. The molecule has 0 unspecified atom stereocenters. The monoisotopic (exact) mass is 397 g/mol. The molecule has 0 amide bonds. The quantitative estimate of drug-likeness (QED) is 0.296. The van der Waals surface area contributed by atoms with Gasteiger partial charge in [0.1, 0.15) is 0 Å². The summed E-state index contributed by atoms with van der Waals surface area (Å²) in [5.41, 5.74) is 6.11. The maximum absolute atomic E-state index is 3.60. The maximum Gasteiger partial charge on any atom is 0.0541 e. The molecule has 0 fully saturated rings. The van der Waals surface area contributed by atoms with Crippen LogP contribution in [0, 0.1) is 0 Å². The predicted octanol–water partition coefficient (Wildman–Crippen LogP) is 7.21. The van der Waals surface area contributed by atoms with Crippen LogP contribution < -0.4 is 0 Å². The summed E-state index contributed by atoms with van der Waals surface area (Å²) < 4.78 is 3.42. The zero-order chi connectivity index (χ0) is 17.5. The van der Waals surface area contributed by atoms with E-state index in [4.69, 9.17) is 0 Å². The van der Waals surface area contributed by atoms with Gasteiger partial charge in [-0.25, -0.2) is 0 Å². The molecule has 0 radical (unpaired) electrons. The summed E-state index contributed by atoms with van der Waals surface area (Å²) in [4.78, 5) is 0. The normalized spacial score (nSPS) is 11.3. The fraction of sp³-hybridized carbons (Fsp3) is 0. The Morgan fingerprint density at radius 3 is 2.15 bits per heavy atom. The molecule has 124 valence electrons. The summed E-state index contributed by atoms with van der Waals surface area (Å²) in [6, 6.07) is 34.4. The van der Waals surface area contributed by atoms with Gasteiger partial charge in [-0.15, -0.1) is 0 Å². The molecular weight excluding hydrogens is 382 g/mol. The van der Waals surface area contributed by atoms with Crippen molar-refractivity contribution in [2.75, 3.05) is 0 Å². The van der Waals surface area contributed by atoms with E-state index in [2.05, 4.69) is 118 Å². The molecule has 0 bridgehead atoms. The molecule has 0 saturated carbocycles. The van der Waals surface area contributed by atoms with Crippen LogP contribution in [0.4, 0.5) is 0 Å². The lowest BCUT2D eigenvalue weighted by Gasteiger charge is -2.08. The average Bonchev–Trinajstić information content (AvgIpc) is 3.02. The number of para-hydroxylation sites is 1. The van der Waals surface area contributed by atoms with Crippen molar-refractivity contribution in [2.45, 2.75) is 0 Å². The molecule has 5 aromatic rings. The number of fused-ring (bicyclic) bond motifs is 3. The Labute approximate surface area is 160 Å². The number of halogens is 1. The van der Waals surface area contributed by atoms with Crippen molar-refractivity contribution in [3.63, 3.8) is 0 Å². The Kier molecular flexibility index (Phi) is 3.65. The molecular formula is C24H16BrN. The molecule has 0 atom stereocenters. The standard InChI is InChI=1S/C24H16BrN/c25-19-9-6-10-20(16-19)26-23-12-5-4-11-21(23)22-15-18(13-14-24(22)26)17-7-2-1-3-8-17/h1-16H. The average molecular weight is 398 g/mol. The van der Waals surface area contributed by atoms with Crippen LogP contribution in [0.5, 0.6) is 0 Å². The van der Waals surface area contributed by atoms with Gasteiger partial charge in [-0.1, -0.05) is 76.6 Å². The fourth-order valence-corrected chi connectivity index (χ4v) is 4.06. The fourth-order valence-electron chi connectivity index (χ4n) is 3.68. The zero-order valence-electron chi connectivity index (χ0n) is 14.1. The Morgan fingerprint density at radius 1 is 0.538 bits per heavy atom. The summed E-state index contributed by atoms with van der Waals surface area (Å²) in [5.74, 6) is 0. The highest BCUT2D eigenvalue weighted by Crippen LogP contribution is 2.35. The number of benzene rings is 4. The summed E-state index contributed by atoms with van der Waals surface area (Å²) in [6.07, 6.45) is 0. The number of rotatable bonds is 2. The third-order valence-electron chi connectivity index (χ3n) is 4.85. The van der Waals surface area contributed by atoms with E-state index in [1.54, 1.807) is 0 Å². The Balaban J connectivity index is 1.85. The van der Waals surface area contributed by atoms with Gasteiger partial charge in [-0.05, 0) is 47.5 Å². The lowest BCUT2D eigenvalue weighted by atomic mass is 10.0. The van der Waals surface area contributed by atoms with E-state index in [-0.39, 0.29) is 0 Å². The second-order valence-electron chi connectivity index (χ2n) is 6.43. The van der Waals surface area contributed by atoms with E-state index in [0.717, 1.165) is 10.2 Å². The molecule has 1 nitrogen and oxygen atoms in total. The van der Waals surface area contributed by atoms with Crippen LogP contribution in [0.2, 0.25) is 0 Å². The SMILES string of the molecule is Brc1cccc(-n2c3ccccc3c3cc(-c4ccccc4)ccc32)c1. The van der Waals surface area contributed by atoms with Gasteiger partial charge >= 0.3 is 0 Å². The first-order valence-electron chi connectivity index (χ1n) is 8.66. The highest BCUT2D eigenvalue weighted by molar-refractivity contribution is 9.10. The van der Waals surface area contributed by atoms with Gasteiger partial charge in [-0.3, -0.25) is 0 Å². The van der Waals surface area contributed by atoms with Gasteiger partial charge in [0.15, 0.2) is 0 Å². The molecule has 0 aliphatic rings. The number of aromatic nitrogens is 1. The third kappa shape index (κ3) is 2.46. The lowest BCUT2D eigenvalue weighted by molar-refractivity contribution is 1.18. The van der Waals surface area contributed by atoms with E-state index in [1.807, 2.05) is 0 Å². The molecule has 0 aliphatic heterocycles. The van der Waals surface area contributed by atoms with Crippen molar-refractivity contribution in [1.82, 2.24) is 4.57 Å². The maximum atomic E-state index is 3.60. The van der Waals surface area contributed by atoms with Crippen LogP contribution in [-0.2, 0) is 0 Å². The Morgan fingerprint density at radius 2 is 1.31 bits per heavy atom. The number of nitrogens with zero attached hydrogens (tertiary/aromatic N) is 1. The zero-order valence-corrected chi connectivity index (χ0v) is 15.6. The summed E-state index contributed by atoms with van der Waals surface area (Å²) in [7, 11) is 0. The molecule has 0 N–H and O–H groups in total. The molecule has 0 spiro atoms. The smallest absolute Gasteiger partial charge is 0.0541 e. The van der Waals surface area contributed by atoms with Gasteiger partial charge in [0.25, 0.3) is 0 Å². The van der Waals surface area contributed by atoms with Crippen molar-refractivity contribution in [3.05, 3.63) is 102 Å². The first-order valence-corrected chi connectivity index (χ1v) is 9.45. The second kappa shape index (κ2) is 6.15. The summed E-state index contributed by atoms with van der Waals surface area (Å²) >= 11 is 3.60. The van der Waals surface area contributed by atoms with Crippen LogP contribution in [-0.4, -0.2) is 4.57 Å². The van der Waals surface area contributed by atoms with E-state index in [1.165, 1.54) is 32.9 Å². The van der Waals surface area contributed by atoms with Crippen molar-refractivity contribution in [3.8, 4) is 16.8 Å². The topological polar surface area (TPSA) is 4.93 Å². The minimum absolute atomic E-state index is 1.09. The number of hydrogen-bond acceptors (Lipinski definition) is 0.